The largest absolute Gasteiger partial charge is 0.295 e. The molecular formula is C119H208O. The maximum Gasteiger partial charge on any atom is 0.159 e. The van der Waals surface area contributed by atoms with Gasteiger partial charge < -0.3 is 0 Å². The van der Waals surface area contributed by atoms with Gasteiger partial charge in [0, 0.05) is 5.92 Å². The second kappa shape index (κ2) is 41.7. The van der Waals surface area contributed by atoms with Crippen molar-refractivity contribution in [3.63, 3.8) is 0 Å². The molecule has 120 heavy (non-hydrogen) atoms. The maximum atomic E-state index is 11.9. The normalized spacial score (nSPS) is 14.2. The molecule has 1 heteroatoms. The molecule has 0 N–H and O–H groups in total. The Morgan fingerprint density at radius 3 is 0.892 bits per heavy atom. The van der Waals surface area contributed by atoms with E-state index in [4.69, 9.17) is 0 Å². The summed E-state index contributed by atoms with van der Waals surface area (Å²) in [5.41, 5.74) is 43.6. The molecule has 0 aromatic heterocycles. The third kappa shape index (κ3) is 32.0. The average Bonchev–Trinajstić information content (AvgIpc) is 1.63. The summed E-state index contributed by atoms with van der Waals surface area (Å²) in [6, 6.07) is 0. The number of carbonyl (C=O) groups excluding carboxylic acids is 1. The molecule has 2 aliphatic rings. The van der Waals surface area contributed by atoms with Gasteiger partial charge in [0.1, 0.15) is 0 Å². The molecule has 6 rings (SSSR count). The van der Waals surface area contributed by atoms with Gasteiger partial charge in [-0.05, 0) is 414 Å². The molecule has 0 heterocycles. The van der Waals surface area contributed by atoms with Crippen molar-refractivity contribution in [3.8, 4) is 0 Å². The van der Waals surface area contributed by atoms with E-state index >= 15 is 0 Å². The van der Waals surface area contributed by atoms with E-state index in [1.165, 1.54) is 131 Å². The molecule has 4 aromatic rings. The Hall–Kier alpha value is -4.23. The summed E-state index contributed by atoms with van der Waals surface area (Å²) in [4.78, 5) is 11.9. The highest BCUT2D eigenvalue weighted by molar-refractivity contribution is 5.92. The predicted octanol–water partition coefficient (Wildman–Crippen LogP) is 37.8. The van der Waals surface area contributed by atoms with Crippen LogP contribution < -0.4 is 0 Å². The van der Waals surface area contributed by atoms with Crippen LogP contribution in [0.1, 0.15) is 463 Å². The molecule has 4 aromatic carbocycles. The van der Waals surface area contributed by atoms with Crippen molar-refractivity contribution < 1.29 is 4.79 Å². The number of fused-ring (bicyclic) bond motifs is 2. The molecule has 0 amide bonds. The first kappa shape index (κ1) is 116. The number of allylic oxidation sites excluding steroid dienone is 5. The summed E-state index contributed by atoms with van der Waals surface area (Å²) in [5.74, 6) is 3.55. The number of carbonyl (C=O) groups is 1. The van der Waals surface area contributed by atoms with Crippen LogP contribution in [0.4, 0.5) is 0 Å². The van der Waals surface area contributed by atoms with Crippen LogP contribution in [0, 0.1) is 230 Å². The molecule has 0 atom stereocenters. The summed E-state index contributed by atoms with van der Waals surface area (Å²) >= 11 is 0. The fourth-order valence-electron chi connectivity index (χ4n) is 24.3. The highest BCUT2D eigenvalue weighted by Gasteiger charge is 2.45. The summed E-state index contributed by atoms with van der Waals surface area (Å²) < 4.78 is 0. The number of ketones is 1. The Kier molecular flexibility index (Phi) is 40.2. The van der Waals surface area contributed by atoms with E-state index in [1.807, 2.05) is 13.0 Å². The van der Waals surface area contributed by atoms with Crippen LogP contribution in [0.15, 0.2) is 23.8 Å². The Bertz CT molecular complexity index is 3970. The zero-order valence-electron chi connectivity index (χ0n) is 92.9. The molecule has 2 aliphatic carbocycles. The van der Waals surface area contributed by atoms with E-state index in [0.29, 0.717) is 56.2 Å². The van der Waals surface area contributed by atoms with Gasteiger partial charge in [0.15, 0.2) is 5.78 Å². The van der Waals surface area contributed by atoms with Gasteiger partial charge in [-0.3, -0.25) is 4.79 Å². The van der Waals surface area contributed by atoms with Crippen molar-refractivity contribution in [2.75, 3.05) is 0 Å². The van der Waals surface area contributed by atoms with E-state index < -0.39 is 0 Å². The monoisotopic (exact) mass is 1650 g/mol. The quantitative estimate of drug-likeness (QED) is 0.153. The number of rotatable bonds is 9. The molecular weight excluding hydrogens is 1450 g/mol. The van der Waals surface area contributed by atoms with E-state index in [1.54, 1.807) is 45.0 Å². The molecule has 0 unspecified atom stereocenters. The molecule has 0 bridgehead atoms. The van der Waals surface area contributed by atoms with Gasteiger partial charge in [0.2, 0.25) is 0 Å². The van der Waals surface area contributed by atoms with Gasteiger partial charge in [-0.2, -0.15) is 0 Å². The first-order valence-corrected chi connectivity index (χ1v) is 47.7. The smallest absolute Gasteiger partial charge is 0.159 e. The standard InChI is InChI=1S/2C22H34.C21H36.C20H34.C13H24O.C12H26.C9H20/c1-13-14(2)16(4)19-12-17(11-18(19)15(13)3)20(21(5,6)7)22(8,9)10;1-13-14(2)16(4)19-17(15(13)3)11-12-18(19)20(21(5,6)7)22(8,9)10;1-13-14(2)16(4)18(17(5)15(13)3)12-19(20(6,7)8)21(9,10)11;1-12-13(2)15(4)17(16(5)14(12)3)18(19(6,7)8)20(9,10)11;1-8-9-10(14)11(12(2,3)4)13(5,6)7;1-8-9-10(11(2,3)4)12(5,6)7;1-8(2,3)7-9(4,5)6/h11,20H,12H2,1-10H3;12,20H,11H2,1-10H3;19H,12H2,1-11H3;18H,1-11H3;8-9,11H,1-7H3;10H,8-9H2,1-7H3;7H2,1-6H3. The van der Waals surface area contributed by atoms with Crippen LogP contribution in [0.2, 0.25) is 0 Å². The Morgan fingerprint density at radius 2 is 0.617 bits per heavy atom. The number of hydrogen-bond donors (Lipinski definition) is 0. The molecule has 1 nitrogen and oxygen atoms in total. The van der Waals surface area contributed by atoms with Crippen molar-refractivity contribution in [1.82, 2.24) is 0 Å². The molecule has 690 valence electrons. The Morgan fingerprint density at radius 1 is 0.325 bits per heavy atom. The highest BCUT2D eigenvalue weighted by atomic mass is 16.1. The van der Waals surface area contributed by atoms with E-state index in [0.717, 1.165) is 18.8 Å². The first-order chi connectivity index (χ1) is 52.8. The summed E-state index contributed by atoms with van der Waals surface area (Å²) in [6.07, 6.45) is 16.0. The average molecular weight is 1650 g/mol. The molecule has 0 radical (unpaired) electrons. The number of benzene rings is 4. The lowest BCUT2D eigenvalue weighted by Gasteiger charge is -2.43. The maximum absolute atomic E-state index is 11.9. The predicted molar refractivity (Wildman–Crippen MR) is 550 cm³/mol. The second-order valence-electron chi connectivity index (χ2n) is 54.1. The summed E-state index contributed by atoms with van der Waals surface area (Å²) in [7, 11) is 0. The topological polar surface area (TPSA) is 17.1 Å². The Labute approximate surface area is 753 Å². The van der Waals surface area contributed by atoms with Crippen LogP contribution in [-0.4, -0.2) is 5.78 Å². The van der Waals surface area contributed by atoms with Crippen molar-refractivity contribution in [3.05, 3.63) is 157 Å². The van der Waals surface area contributed by atoms with Gasteiger partial charge >= 0.3 is 0 Å². The molecule has 0 saturated carbocycles. The van der Waals surface area contributed by atoms with E-state index in [-0.39, 0.29) is 55.0 Å². The van der Waals surface area contributed by atoms with Crippen LogP contribution >= 0.6 is 0 Å². The lowest BCUT2D eigenvalue weighted by molar-refractivity contribution is -0.125. The minimum absolute atomic E-state index is 0.0227. The lowest BCUT2D eigenvalue weighted by atomic mass is 9.61. The van der Waals surface area contributed by atoms with Gasteiger partial charge in [0.25, 0.3) is 0 Å². The molecule has 0 fully saturated rings. The zero-order valence-corrected chi connectivity index (χ0v) is 92.9. The van der Waals surface area contributed by atoms with E-state index in [9.17, 15) is 4.79 Å². The minimum Gasteiger partial charge on any atom is -0.295 e. The van der Waals surface area contributed by atoms with Gasteiger partial charge in [0.05, 0.1) is 0 Å². The first-order valence-electron chi connectivity index (χ1n) is 47.7. The summed E-state index contributed by atoms with van der Waals surface area (Å²) in [6.45, 7) is 143. The van der Waals surface area contributed by atoms with Crippen molar-refractivity contribution in [2.45, 2.75) is 474 Å². The molecule has 0 spiro atoms. The Balaban J connectivity index is 0.00000140. The second-order valence-corrected chi connectivity index (χ2v) is 54.1. The van der Waals surface area contributed by atoms with Crippen molar-refractivity contribution in [2.24, 2.45) is 105 Å². The SMILES string of the molecule is CC(C)(C)CC(C)(C)C.CC=CC(=O)C(C(C)(C)C)C(C)(C)C.CCCC(C(C)(C)C)C(C)(C)C.Cc1c(C)c(C)c(C(C(C)(C)C)C(C)(C)C)c(C)c1C.Cc1c(C)c(C)c(CC(C(C)(C)C)C(C)(C)C)c(C)c1C.Cc1c(C)c(C)c2c(c1C)C=C(C(C(C)(C)C)C(C)(C)C)C2.Cc1c(C)c(C)c2c(c1C)CC=C2C(C(C)(C)C)C(C)(C)C. The van der Waals surface area contributed by atoms with Crippen molar-refractivity contribution in [1.29, 1.82) is 0 Å². The van der Waals surface area contributed by atoms with Crippen LogP contribution in [0.25, 0.3) is 11.6 Å². The van der Waals surface area contributed by atoms with Crippen molar-refractivity contribution >= 4 is 17.4 Å². The fourth-order valence-corrected chi connectivity index (χ4v) is 24.3. The van der Waals surface area contributed by atoms with E-state index in [2.05, 4.69) is 435 Å². The van der Waals surface area contributed by atoms with Gasteiger partial charge in [-0.1, -0.05) is 328 Å². The molecule has 0 aliphatic heterocycles. The third-order valence-corrected chi connectivity index (χ3v) is 28.2. The van der Waals surface area contributed by atoms with Crippen LogP contribution in [-0.2, 0) is 24.1 Å². The summed E-state index contributed by atoms with van der Waals surface area (Å²) in [5, 5.41) is 0. The van der Waals surface area contributed by atoms with Gasteiger partial charge in [-0.25, -0.2) is 0 Å². The number of hydrogen-bond acceptors (Lipinski definition) is 1. The lowest BCUT2D eigenvalue weighted by Crippen LogP contribution is -2.38. The molecule has 0 saturated heterocycles. The third-order valence-electron chi connectivity index (χ3n) is 28.2. The zero-order chi connectivity index (χ0) is 96.1. The highest BCUT2D eigenvalue weighted by Crippen LogP contribution is 2.55. The van der Waals surface area contributed by atoms with Crippen LogP contribution in [0.5, 0.6) is 0 Å². The minimum atomic E-state index is 0.0227. The van der Waals surface area contributed by atoms with Gasteiger partial charge in [-0.15, -0.1) is 0 Å². The fraction of sp³-hybridized carbons (Fsp3) is 0.739. The van der Waals surface area contributed by atoms with Crippen LogP contribution in [0.3, 0.4) is 0 Å².